The number of hydrogen-bond acceptors (Lipinski definition) is 2. The van der Waals surface area contributed by atoms with Crippen LogP contribution in [0.4, 0.5) is 0 Å². The van der Waals surface area contributed by atoms with E-state index >= 15 is 0 Å². The van der Waals surface area contributed by atoms with Gasteiger partial charge in [0.05, 0.1) is 16.6 Å². The van der Waals surface area contributed by atoms with E-state index in [2.05, 4.69) is 23.4 Å². The van der Waals surface area contributed by atoms with Crippen molar-refractivity contribution < 1.29 is 9.90 Å². The summed E-state index contributed by atoms with van der Waals surface area (Å²) in [5.74, 6) is 1.18. The lowest BCUT2D eigenvalue weighted by molar-refractivity contribution is 0.0698. The number of carboxylic acid groups (broad SMARTS) is 1. The molecule has 0 spiro atoms. The number of carboxylic acids is 1. The number of rotatable bonds is 4. The molecule has 0 bridgehead atoms. The van der Waals surface area contributed by atoms with Crippen LogP contribution >= 0.6 is 0 Å². The zero-order chi connectivity index (χ0) is 13.6. The number of aromatic nitrogens is 2. The van der Waals surface area contributed by atoms with E-state index in [9.17, 15) is 9.90 Å². The first kappa shape index (κ1) is 12.2. The summed E-state index contributed by atoms with van der Waals surface area (Å²) in [6, 6.07) is 5.35. The van der Waals surface area contributed by atoms with Crippen LogP contribution in [-0.2, 0) is 6.54 Å². The normalized spacial score (nSPS) is 15.3. The third kappa shape index (κ3) is 2.11. The van der Waals surface area contributed by atoms with Crippen molar-refractivity contribution in [1.82, 2.24) is 9.55 Å². The second kappa shape index (κ2) is 4.37. The van der Waals surface area contributed by atoms with E-state index in [-0.39, 0.29) is 0 Å². The zero-order valence-corrected chi connectivity index (χ0v) is 11.3. The molecule has 3 rings (SSSR count). The molecule has 0 aliphatic heterocycles. The molecule has 100 valence electrons. The highest BCUT2D eigenvalue weighted by atomic mass is 16.4. The molecule has 19 heavy (non-hydrogen) atoms. The van der Waals surface area contributed by atoms with Crippen LogP contribution in [0, 0.1) is 5.92 Å². The van der Waals surface area contributed by atoms with Crippen LogP contribution in [-0.4, -0.2) is 20.6 Å². The molecule has 1 fully saturated rings. The number of imidazole rings is 1. The van der Waals surface area contributed by atoms with Crippen molar-refractivity contribution >= 4 is 17.0 Å². The van der Waals surface area contributed by atoms with E-state index in [4.69, 9.17) is 0 Å². The van der Waals surface area contributed by atoms with Crippen LogP contribution in [0.1, 0.15) is 48.8 Å². The van der Waals surface area contributed by atoms with E-state index in [0.717, 1.165) is 23.4 Å². The number of carbonyl (C=O) groups is 1. The predicted molar refractivity (Wildman–Crippen MR) is 73.5 cm³/mol. The van der Waals surface area contributed by atoms with E-state index in [1.807, 2.05) is 6.07 Å². The van der Waals surface area contributed by atoms with Crippen LogP contribution in [0.15, 0.2) is 18.2 Å². The van der Waals surface area contributed by atoms with Crippen LogP contribution in [0.5, 0.6) is 0 Å². The summed E-state index contributed by atoms with van der Waals surface area (Å²) in [6.07, 6.45) is 2.34. The quantitative estimate of drug-likeness (QED) is 0.915. The first-order valence-electron chi connectivity index (χ1n) is 6.80. The van der Waals surface area contributed by atoms with Gasteiger partial charge in [0.2, 0.25) is 0 Å². The molecular formula is C15H18N2O2. The van der Waals surface area contributed by atoms with Crippen molar-refractivity contribution in [2.45, 2.75) is 39.2 Å². The van der Waals surface area contributed by atoms with Gasteiger partial charge in [-0.25, -0.2) is 9.78 Å². The molecule has 1 aliphatic rings. The van der Waals surface area contributed by atoms with Gasteiger partial charge in [-0.1, -0.05) is 19.9 Å². The van der Waals surface area contributed by atoms with E-state index in [0.29, 0.717) is 17.4 Å². The van der Waals surface area contributed by atoms with Gasteiger partial charge in [-0.05, 0) is 30.9 Å². The lowest BCUT2D eigenvalue weighted by atomic mass is 10.1. The molecular weight excluding hydrogens is 240 g/mol. The molecule has 0 saturated heterocycles. The predicted octanol–water partition coefficient (Wildman–Crippen LogP) is 3.27. The lowest BCUT2D eigenvalue weighted by Crippen LogP contribution is -2.10. The Kier molecular flexibility index (Phi) is 2.81. The van der Waals surface area contributed by atoms with Crippen LogP contribution in [0.2, 0.25) is 0 Å². The minimum atomic E-state index is -0.877. The third-order valence-electron chi connectivity index (χ3n) is 3.52. The summed E-state index contributed by atoms with van der Waals surface area (Å²) in [5.41, 5.74) is 1.95. The standard InChI is InChI=1S/C15H18N2O2/c1-9(2)8-17-13-11(15(18)19)4-3-5-12(13)16-14(17)10-6-7-10/h3-5,9-10H,6-8H2,1-2H3,(H,18,19). The maximum absolute atomic E-state index is 11.4. The molecule has 0 radical (unpaired) electrons. The molecule has 4 heteroatoms. The van der Waals surface area contributed by atoms with Gasteiger partial charge < -0.3 is 9.67 Å². The van der Waals surface area contributed by atoms with Gasteiger partial charge in [0, 0.05) is 12.5 Å². The summed E-state index contributed by atoms with van der Waals surface area (Å²) >= 11 is 0. The van der Waals surface area contributed by atoms with E-state index in [1.165, 1.54) is 12.8 Å². The van der Waals surface area contributed by atoms with Gasteiger partial charge in [0.15, 0.2) is 0 Å². The molecule has 0 unspecified atom stereocenters. The molecule has 1 heterocycles. The molecule has 1 aliphatic carbocycles. The molecule has 2 aromatic rings. The average molecular weight is 258 g/mol. The van der Waals surface area contributed by atoms with E-state index < -0.39 is 5.97 Å². The molecule has 1 aromatic heterocycles. The second-order valence-electron chi connectivity index (χ2n) is 5.73. The molecule has 4 nitrogen and oxygen atoms in total. The first-order chi connectivity index (χ1) is 9.08. The Hall–Kier alpha value is -1.84. The van der Waals surface area contributed by atoms with Gasteiger partial charge in [-0.15, -0.1) is 0 Å². The monoisotopic (exact) mass is 258 g/mol. The largest absolute Gasteiger partial charge is 0.478 e. The van der Waals surface area contributed by atoms with Gasteiger partial charge in [0.25, 0.3) is 0 Å². The summed E-state index contributed by atoms with van der Waals surface area (Å²) in [4.78, 5) is 16.1. The highest BCUT2D eigenvalue weighted by molar-refractivity contribution is 6.01. The number of benzene rings is 1. The first-order valence-corrected chi connectivity index (χ1v) is 6.80. The van der Waals surface area contributed by atoms with Gasteiger partial charge in [0.1, 0.15) is 5.82 Å². The molecule has 0 atom stereocenters. The Labute approximate surface area is 112 Å². The lowest BCUT2D eigenvalue weighted by Gasteiger charge is -2.12. The minimum absolute atomic E-state index is 0.359. The average Bonchev–Trinajstić information content (AvgIpc) is 3.12. The Morgan fingerprint density at radius 2 is 2.21 bits per heavy atom. The Balaban J connectivity index is 2.26. The summed E-state index contributed by atoms with van der Waals surface area (Å²) < 4.78 is 2.13. The fourth-order valence-electron chi connectivity index (χ4n) is 2.58. The maximum Gasteiger partial charge on any atom is 0.337 e. The molecule has 1 saturated carbocycles. The van der Waals surface area contributed by atoms with Crippen molar-refractivity contribution in [2.75, 3.05) is 0 Å². The fourth-order valence-corrected chi connectivity index (χ4v) is 2.58. The van der Waals surface area contributed by atoms with Crippen LogP contribution in [0.25, 0.3) is 11.0 Å². The summed E-state index contributed by atoms with van der Waals surface area (Å²) in [7, 11) is 0. The van der Waals surface area contributed by atoms with Gasteiger partial charge in [-0.2, -0.15) is 0 Å². The van der Waals surface area contributed by atoms with E-state index in [1.54, 1.807) is 12.1 Å². The SMILES string of the molecule is CC(C)Cn1c(C2CC2)nc2cccc(C(=O)O)c21. The Bertz CT molecular complexity index is 639. The Morgan fingerprint density at radius 1 is 1.47 bits per heavy atom. The fraction of sp³-hybridized carbons (Fsp3) is 0.467. The topological polar surface area (TPSA) is 55.1 Å². The molecule has 1 N–H and O–H groups in total. The number of para-hydroxylation sites is 1. The van der Waals surface area contributed by atoms with Crippen molar-refractivity contribution in [3.05, 3.63) is 29.6 Å². The van der Waals surface area contributed by atoms with Crippen molar-refractivity contribution in [1.29, 1.82) is 0 Å². The molecule has 0 amide bonds. The number of hydrogen-bond donors (Lipinski definition) is 1. The van der Waals surface area contributed by atoms with Crippen LogP contribution in [0.3, 0.4) is 0 Å². The van der Waals surface area contributed by atoms with Crippen molar-refractivity contribution in [3.63, 3.8) is 0 Å². The minimum Gasteiger partial charge on any atom is -0.478 e. The maximum atomic E-state index is 11.4. The summed E-state index contributed by atoms with van der Waals surface area (Å²) in [6.45, 7) is 5.12. The van der Waals surface area contributed by atoms with Crippen LogP contribution < -0.4 is 0 Å². The smallest absolute Gasteiger partial charge is 0.337 e. The third-order valence-corrected chi connectivity index (χ3v) is 3.52. The van der Waals surface area contributed by atoms with Crippen molar-refractivity contribution in [3.8, 4) is 0 Å². The number of fused-ring (bicyclic) bond motifs is 1. The van der Waals surface area contributed by atoms with Crippen molar-refractivity contribution in [2.24, 2.45) is 5.92 Å². The number of aromatic carboxylic acids is 1. The highest BCUT2D eigenvalue weighted by Gasteiger charge is 2.30. The number of nitrogens with zero attached hydrogens (tertiary/aromatic N) is 2. The summed E-state index contributed by atoms with van der Waals surface area (Å²) in [5, 5.41) is 9.36. The second-order valence-corrected chi connectivity index (χ2v) is 5.73. The highest BCUT2D eigenvalue weighted by Crippen LogP contribution is 2.41. The van der Waals surface area contributed by atoms with Gasteiger partial charge >= 0.3 is 5.97 Å². The zero-order valence-electron chi connectivity index (χ0n) is 11.3. The Morgan fingerprint density at radius 3 is 2.79 bits per heavy atom. The molecule has 1 aromatic carbocycles. The van der Waals surface area contributed by atoms with Gasteiger partial charge in [-0.3, -0.25) is 0 Å².